The van der Waals surface area contributed by atoms with Gasteiger partial charge in [-0.15, -0.1) is 0 Å². The van der Waals surface area contributed by atoms with E-state index in [-0.39, 0.29) is 22.4 Å². The van der Waals surface area contributed by atoms with Gasteiger partial charge in [0.1, 0.15) is 5.69 Å². The summed E-state index contributed by atoms with van der Waals surface area (Å²) in [5.74, 6) is -0.0247. The van der Waals surface area contributed by atoms with Gasteiger partial charge in [0.25, 0.3) is 5.91 Å². The normalized spacial score (nSPS) is 20.0. The third-order valence-corrected chi connectivity index (χ3v) is 5.14. The van der Waals surface area contributed by atoms with Crippen molar-refractivity contribution in [3.05, 3.63) is 75.8 Å². The molecule has 2 atom stereocenters. The number of carbonyl (C=O) groups excluding carboxylic acids is 1. The van der Waals surface area contributed by atoms with Crippen LogP contribution in [0.25, 0.3) is 10.9 Å². The predicted molar refractivity (Wildman–Crippen MR) is 96.7 cm³/mol. The molecule has 1 amide bonds. The number of hydrogen-bond acceptors (Lipinski definition) is 3. The van der Waals surface area contributed by atoms with Crippen molar-refractivity contribution < 1.29 is 4.79 Å². The Balaban J connectivity index is 1.82. The lowest BCUT2D eigenvalue weighted by atomic mass is 9.86. The van der Waals surface area contributed by atoms with Crippen molar-refractivity contribution in [1.29, 1.82) is 0 Å². The van der Waals surface area contributed by atoms with Gasteiger partial charge in [0.15, 0.2) is 5.43 Å². The smallest absolute Gasteiger partial charge is 0.268 e. The van der Waals surface area contributed by atoms with E-state index in [0.717, 1.165) is 25.0 Å². The number of rotatable bonds is 3. The molecule has 1 saturated carbocycles. The summed E-state index contributed by atoms with van der Waals surface area (Å²) < 4.78 is 0. The molecule has 1 fully saturated rings. The van der Waals surface area contributed by atoms with E-state index in [1.54, 1.807) is 12.1 Å². The number of primary amides is 1. The number of nitrogens with one attached hydrogen (secondary N) is 1. The van der Waals surface area contributed by atoms with Crippen LogP contribution in [0.15, 0.2) is 53.5 Å². The number of aromatic nitrogens is 2. The van der Waals surface area contributed by atoms with Crippen molar-refractivity contribution in [1.82, 2.24) is 9.97 Å². The first-order valence-electron chi connectivity index (χ1n) is 8.52. The van der Waals surface area contributed by atoms with Crippen LogP contribution in [0.5, 0.6) is 0 Å². The Hall–Kier alpha value is -2.95. The van der Waals surface area contributed by atoms with Gasteiger partial charge in [0, 0.05) is 23.9 Å². The molecule has 3 N–H and O–H groups in total. The highest BCUT2D eigenvalue weighted by atomic mass is 16.1. The minimum absolute atomic E-state index is 0.0244. The molecule has 1 aromatic carbocycles. The van der Waals surface area contributed by atoms with E-state index < -0.39 is 5.91 Å². The zero-order chi connectivity index (χ0) is 17.4. The summed E-state index contributed by atoms with van der Waals surface area (Å²) in [7, 11) is 0. The van der Waals surface area contributed by atoms with Gasteiger partial charge in [0.05, 0.1) is 10.9 Å². The molecule has 1 aliphatic carbocycles. The number of carbonyl (C=O) groups is 1. The topological polar surface area (TPSA) is 88.8 Å². The van der Waals surface area contributed by atoms with Crippen LogP contribution in [0.2, 0.25) is 0 Å². The van der Waals surface area contributed by atoms with Gasteiger partial charge < -0.3 is 10.7 Å². The molecule has 0 saturated heterocycles. The Kier molecular flexibility index (Phi) is 3.84. The van der Waals surface area contributed by atoms with E-state index in [9.17, 15) is 9.59 Å². The van der Waals surface area contributed by atoms with Gasteiger partial charge in [-0.2, -0.15) is 0 Å². The third-order valence-electron chi connectivity index (χ3n) is 5.14. The molecule has 2 unspecified atom stereocenters. The molecule has 2 heterocycles. The highest BCUT2D eigenvalue weighted by Gasteiger charge is 2.31. The molecule has 4 rings (SSSR count). The number of fused-ring (bicyclic) bond motifs is 1. The highest BCUT2D eigenvalue weighted by molar-refractivity contribution is 6.03. The first-order valence-corrected chi connectivity index (χ1v) is 8.52. The molecule has 0 spiro atoms. The van der Waals surface area contributed by atoms with Crippen LogP contribution in [-0.4, -0.2) is 15.9 Å². The molecule has 0 aliphatic heterocycles. The van der Waals surface area contributed by atoms with Gasteiger partial charge in [-0.25, -0.2) is 0 Å². The van der Waals surface area contributed by atoms with Crippen molar-refractivity contribution in [2.45, 2.75) is 31.1 Å². The van der Waals surface area contributed by atoms with E-state index in [0.29, 0.717) is 11.4 Å². The Morgan fingerprint density at radius 2 is 1.88 bits per heavy atom. The number of nitrogens with two attached hydrogens (primary N) is 1. The van der Waals surface area contributed by atoms with Crippen molar-refractivity contribution in [3.8, 4) is 0 Å². The summed E-state index contributed by atoms with van der Waals surface area (Å²) in [5.41, 5.74) is 8.01. The maximum Gasteiger partial charge on any atom is 0.268 e. The van der Waals surface area contributed by atoms with E-state index in [2.05, 4.69) is 34.2 Å². The summed E-state index contributed by atoms with van der Waals surface area (Å²) in [6, 6.07) is 13.8. The summed E-state index contributed by atoms with van der Waals surface area (Å²) in [5, 5.41) is 0.271. The molecule has 25 heavy (non-hydrogen) atoms. The first-order chi connectivity index (χ1) is 12.1. The van der Waals surface area contributed by atoms with Crippen LogP contribution < -0.4 is 11.2 Å². The average Bonchev–Trinajstić information content (AvgIpc) is 3.11. The fourth-order valence-corrected chi connectivity index (χ4v) is 4.04. The van der Waals surface area contributed by atoms with Crippen molar-refractivity contribution in [2.75, 3.05) is 0 Å². The number of pyridine rings is 2. The van der Waals surface area contributed by atoms with E-state index in [1.807, 2.05) is 6.07 Å². The molecular formula is C20H19N3O2. The van der Waals surface area contributed by atoms with Gasteiger partial charge in [-0.05, 0) is 30.4 Å². The summed E-state index contributed by atoms with van der Waals surface area (Å²) in [4.78, 5) is 31.5. The fourth-order valence-electron chi connectivity index (χ4n) is 4.04. The predicted octanol–water partition coefficient (Wildman–Crippen LogP) is 3.07. The van der Waals surface area contributed by atoms with Crippen LogP contribution in [-0.2, 0) is 0 Å². The van der Waals surface area contributed by atoms with Gasteiger partial charge >= 0.3 is 0 Å². The maximum atomic E-state index is 12.7. The summed E-state index contributed by atoms with van der Waals surface area (Å²) >= 11 is 0. The Morgan fingerprint density at radius 3 is 2.64 bits per heavy atom. The molecule has 0 radical (unpaired) electrons. The molecule has 5 heteroatoms. The number of benzene rings is 1. The van der Waals surface area contributed by atoms with Crippen LogP contribution in [0, 0.1) is 0 Å². The van der Waals surface area contributed by atoms with Crippen molar-refractivity contribution in [3.63, 3.8) is 0 Å². The molecule has 0 bridgehead atoms. The van der Waals surface area contributed by atoms with E-state index >= 15 is 0 Å². The van der Waals surface area contributed by atoms with Gasteiger partial charge in [-0.3, -0.25) is 14.6 Å². The lowest BCUT2D eigenvalue weighted by Crippen LogP contribution is -2.19. The van der Waals surface area contributed by atoms with Crippen LogP contribution in [0.1, 0.15) is 52.8 Å². The monoisotopic (exact) mass is 333 g/mol. The lowest BCUT2D eigenvalue weighted by molar-refractivity contribution is 0.0997. The SMILES string of the molecule is NC(=O)c1nccc2[nH]c(C3CCCC3c3ccccc3)cc(=O)c12. The number of hydrogen-bond donors (Lipinski definition) is 2. The van der Waals surface area contributed by atoms with Crippen LogP contribution in [0.4, 0.5) is 0 Å². The zero-order valence-corrected chi connectivity index (χ0v) is 13.7. The Morgan fingerprint density at radius 1 is 1.12 bits per heavy atom. The second-order valence-electron chi connectivity index (χ2n) is 6.59. The van der Waals surface area contributed by atoms with Crippen molar-refractivity contribution in [2.24, 2.45) is 5.73 Å². The zero-order valence-electron chi connectivity index (χ0n) is 13.7. The highest BCUT2D eigenvalue weighted by Crippen LogP contribution is 2.45. The molecule has 3 aromatic rings. The third kappa shape index (κ3) is 2.71. The second kappa shape index (κ2) is 6.16. The second-order valence-corrected chi connectivity index (χ2v) is 6.59. The largest absolute Gasteiger partial charge is 0.364 e. The van der Waals surface area contributed by atoms with Gasteiger partial charge in [-0.1, -0.05) is 36.8 Å². The number of aromatic amines is 1. The van der Waals surface area contributed by atoms with Crippen molar-refractivity contribution >= 4 is 16.8 Å². The Labute approximate surface area is 144 Å². The van der Waals surface area contributed by atoms with Gasteiger partial charge in [0.2, 0.25) is 0 Å². The molecular weight excluding hydrogens is 314 g/mol. The summed E-state index contributed by atoms with van der Waals surface area (Å²) in [6.07, 6.45) is 4.78. The number of amides is 1. The van der Waals surface area contributed by atoms with Crippen LogP contribution in [0.3, 0.4) is 0 Å². The molecule has 126 valence electrons. The van der Waals surface area contributed by atoms with E-state index in [4.69, 9.17) is 5.73 Å². The Bertz CT molecular complexity index is 995. The molecule has 5 nitrogen and oxygen atoms in total. The number of H-pyrrole nitrogens is 1. The standard InChI is InChI=1S/C20H19N3O2/c21-20(25)19-18-15(9-10-22-19)23-16(11-17(18)24)14-8-4-7-13(14)12-5-2-1-3-6-12/h1-3,5-6,9-11,13-14H,4,7-8H2,(H2,21,25)(H,23,24). The minimum atomic E-state index is -0.688. The van der Waals surface area contributed by atoms with Crippen LogP contribution >= 0.6 is 0 Å². The molecule has 2 aromatic heterocycles. The minimum Gasteiger partial charge on any atom is -0.364 e. The quantitative estimate of drug-likeness (QED) is 0.772. The first kappa shape index (κ1) is 15.6. The summed E-state index contributed by atoms with van der Waals surface area (Å²) in [6.45, 7) is 0. The van der Waals surface area contributed by atoms with E-state index in [1.165, 1.54) is 11.8 Å². The maximum absolute atomic E-state index is 12.7. The number of nitrogens with zero attached hydrogens (tertiary/aromatic N) is 1. The lowest BCUT2D eigenvalue weighted by Gasteiger charge is -2.20. The molecule has 1 aliphatic rings. The fraction of sp³-hybridized carbons (Fsp3) is 0.250. The average molecular weight is 333 g/mol.